The van der Waals surface area contributed by atoms with Gasteiger partial charge in [-0.3, -0.25) is 4.79 Å². The molecule has 5 heteroatoms. The standard InChI is InChI=1S/C20H25N3O2/c1-23-14-4-2-5-15(23)11-13(10-14)21-19(24)16-6-3-7-17-18(16)22-20(25-17)12-8-9-12/h3,6-7,12-15H,2,4-5,8-11H2,1H3,(H,21,24)/t14-,15-/m1/s1. The topological polar surface area (TPSA) is 58.4 Å². The van der Waals surface area contributed by atoms with Crippen LogP contribution in [-0.4, -0.2) is 41.0 Å². The smallest absolute Gasteiger partial charge is 0.253 e. The summed E-state index contributed by atoms with van der Waals surface area (Å²) in [7, 11) is 2.24. The van der Waals surface area contributed by atoms with Gasteiger partial charge in [-0.1, -0.05) is 12.5 Å². The molecule has 0 unspecified atom stereocenters. The Morgan fingerprint density at radius 2 is 1.96 bits per heavy atom. The maximum absolute atomic E-state index is 12.9. The molecule has 5 rings (SSSR count). The van der Waals surface area contributed by atoms with Gasteiger partial charge in [0.15, 0.2) is 11.5 Å². The molecular weight excluding hydrogens is 314 g/mol. The fraction of sp³-hybridized carbons (Fsp3) is 0.600. The summed E-state index contributed by atoms with van der Waals surface area (Å²) in [5.41, 5.74) is 2.10. The number of hydrogen-bond donors (Lipinski definition) is 1. The Labute approximate surface area is 147 Å². The van der Waals surface area contributed by atoms with E-state index in [0.717, 1.165) is 42.7 Å². The average molecular weight is 339 g/mol. The monoisotopic (exact) mass is 339 g/mol. The zero-order valence-corrected chi connectivity index (χ0v) is 14.7. The van der Waals surface area contributed by atoms with Crippen molar-refractivity contribution in [1.29, 1.82) is 0 Å². The van der Waals surface area contributed by atoms with Gasteiger partial charge in [0.25, 0.3) is 5.91 Å². The van der Waals surface area contributed by atoms with E-state index in [-0.39, 0.29) is 11.9 Å². The molecule has 1 aliphatic carbocycles. The molecule has 3 aliphatic rings. The van der Waals surface area contributed by atoms with Crippen LogP contribution in [-0.2, 0) is 0 Å². The number of fused-ring (bicyclic) bond motifs is 3. The van der Waals surface area contributed by atoms with Gasteiger partial charge in [0.1, 0.15) is 5.52 Å². The molecule has 1 amide bonds. The first-order valence-corrected chi connectivity index (χ1v) is 9.61. The molecule has 2 bridgehead atoms. The van der Waals surface area contributed by atoms with Gasteiger partial charge in [-0.2, -0.15) is 0 Å². The predicted molar refractivity (Wildman–Crippen MR) is 95.7 cm³/mol. The van der Waals surface area contributed by atoms with Gasteiger partial charge in [-0.05, 0) is 57.7 Å². The predicted octanol–water partition coefficient (Wildman–Crippen LogP) is 3.45. The fourth-order valence-electron chi connectivity index (χ4n) is 4.65. The molecule has 3 fully saturated rings. The second-order valence-electron chi connectivity index (χ2n) is 8.02. The van der Waals surface area contributed by atoms with Crippen molar-refractivity contribution in [2.75, 3.05) is 7.05 Å². The minimum Gasteiger partial charge on any atom is -0.440 e. The van der Waals surface area contributed by atoms with Gasteiger partial charge in [-0.15, -0.1) is 0 Å². The third kappa shape index (κ3) is 2.74. The summed E-state index contributed by atoms with van der Waals surface area (Å²) in [5, 5.41) is 3.28. The lowest BCUT2D eigenvalue weighted by Gasteiger charge is -2.47. The van der Waals surface area contributed by atoms with Crippen LogP contribution in [0.4, 0.5) is 0 Å². The van der Waals surface area contributed by atoms with E-state index in [1.54, 1.807) is 0 Å². The van der Waals surface area contributed by atoms with Crippen molar-refractivity contribution in [3.63, 3.8) is 0 Å². The quantitative estimate of drug-likeness (QED) is 0.930. The van der Waals surface area contributed by atoms with Gasteiger partial charge in [-0.25, -0.2) is 4.98 Å². The summed E-state index contributed by atoms with van der Waals surface area (Å²) in [4.78, 5) is 20.1. The number of aromatic nitrogens is 1. The zero-order chi connectivity index (χ0) is 17.0. The van der Waals surface area contributed by atoms with Crippen LogP contribution in [0, 0.1) is 0 Å². The van der Waals surface area contributed by atoms with E-state index in [1.165, 1.54) is 19.3 Å². The number of carbonyl (C=O) groups excluding carboxylic acids is 1. The molecule has 0 radical (unpaired) electrons. The van der Waals surface area contributed by atoms with Gasteiger partial charge < -0.3 is 14.6 Å². The Kier molecular flexibility index (Phi) is 3.59. The first-order valence-electron chi connectivity index (χ1n) is 9.61. The second-order valence-corrected chi connectivity index (χ2v) is 8.02. The third-order valence-corrected chi connectivity index (χ3v) is 6.28. The van der Waals surface area contributed by atoms with Crippen molar-refractivity contribution in [2.24, 2.45) is 0 Å². The normalized spacial score (nSPS) is 29.7. The van der Waals surface area contributed by atoms with Gasteiger partial charge in [0, 0.05) is 24.0 Å². The van der Waals surface area contributed by atoms with Crippen molar-refractivity contribution in [3.05, 3.63) is 29.7 Å². The summed E-state index contributed by atoms with van der Waals surface area (Å²) in [6, 6.07) is 7.16. The molecule has 2 atom stereocenters. The van der Waals surface area contributed by atoms with Crippen LogP contribution in [0.25, 0.3) is 11.1 Å². The van der Waals surface area contributed by atoms with Crippen molar-refractivity contribution >= 4 is 17.0 Å². The van der Waals surface area contributed by atoms with Crippen molar-refractivity contribution < 1.29 is 9.21 Å². The molecule has 5 nitrogen and oxygen atoms in total. The van der Waals surface area contributed by atoms with Gasteiger partial charge in [0.2, 0.25) is 0 Å². The fourth-order valence-corrected chi connectivity index (χ4v) is 4.65. The van der Waals surface area contributed by atoms with Gasteiger partial charge in [0.05, 0.1) is 5.56 Å². The van der Waals surface area contributed by atoms with Crippen LogP contribution >= 0.6 is 0 Å². The molecule has 132 valence electrons. The number of para-hydroxylation sites is 1. The molecule has 25 heavy (non-hydrogen) atoms. The number of rotatable bonds is 3. The Bertz CT molecular complexity index is 796. The number of oxazole rings is 1. The minimum atomic E-state index is -0.00567. The van der Waals surface area contributed by atoms with E-state index in [4.69, 9.17) is 4.42 Å². The van der Waals surface area contributed by atoms with Crippen molar-refractivity contribution in [3.8, 4) is 0 Å². The van der Waals surface area contributed by atoms with E-state index in [9.17, 15) is 4.79 Å². The van der Waals surface area contributed by atoms with Crippen LogP contribution in [0.1, 0.15) is 67.1 Å². The second kappa shape index (κ2) is 5.84. The Balaban J connectivity index is 1.37. The lowest BCUT2D eigenvalue weighted by molar-refractivity contribution is 0.0463. The SMILES string of the molecule is CN1[C@@H]2CCC[C@@H]1CC(NC(=O)c1cccc3oc(C4CC4)nc13)C2. The summed E-state index contributed by atoms with van der Waals surface area (Å²) in [6.45, 7) is 0. The highest BCUT2D eigenvalue weighted by atomic mass is 16.3. The van der Waals surface area contributed by atoms with E-state index in [2.05, 4.69) is 22.2 Å². The number of benzene rings is 1. The highest BCUT2D eigenvalue weighted by Crippen LogP contribution is 2.41. The largest absolute Gasteiger partial charge is 0.440 e. The average Bonchev–Trinajstić information content (AvgIpc) is 3.34. The van der Waals surface area contributed by atoms with E-state index in [0.29, 0.717) is 23.6 Å². The van der Waals surface area contributed by atoms with Crippen LogP contribution < -0.4 is 5.32 Å². The summed E-state index contributed by atoms with van der Waals surface area (Å²) in [5.74, 6) is 1.24. The van der Waals surface area contributed by atoms with Crippen LogP contribution in [0.5, 0.6) is 0 Å². The molecule has 1 saturated carbocycles. The number of amides is 1. The lowest BCUT2D eigenvalue weighted by Crippen LogP contribution is -2.55. The molecule has 2 aliphatic heterocycles. The highest BCUT2D eigenvalue weighted by Gasteiger charge is 2.37. The maximum atomic E-state index is 12.9. The number of hydrogen-bond acceptors (Lipinski definition) is 4. The van der Waals surface area contributed by atoms with Gasteiger partial charge >= 0.3 is 0 Å². The third-order valence-electron chi connectivity index (χ3n) is 6.28. The van der Waals surface area contributed by atoms with Crippen LogP contribution in [0.3, 0.4) is 0 Å². The minimum absolute atomic E-state index is 0.00567. The van der Waals surface area contributed by atoms with Crippen molar-refractivity contribution in [2.45, 2.75) is 69.0 Å². The molecule has 1 aromatic heterocycles. The molecule has 2 aromatic rings. The van der Waals surface area contributed by atoms with Crippen LogP contribution in [0.2, 0.25) is 0 Å². The lowest BCUT2D eigenvalue weighted by atomic mass is 9.82. The Hall–Kier alpha value is -1.88. The van der Waals surface area contributed by atoms with Crippen molar-refractivity contribution in [1.82, 2.24) is 15.2 Å². The molecule has 2 saturated heterocycles. The Morgan fingerprint density at radius 1 is 1.20 bits per heavy atom. The molecular formula is C20H25N3O2. The van der Waals surface area contributed by atoms with Crippen LogP contribution in [0.15, 0.2) is 22.6 Å². The summed E-state index contributed by atoms with van der Waals surface area (Å²) >= 11 is 0. The Morgan fingerprint density at radius 3 is 2.68 bits per heavy atom. The van der Waals surface area contributed by atoms with E-state index in [1.807, 2.05) is 18.2 Å². The first kappa shape index (κ1) is 15.4. The maximum Gasteiger partial charge on any atom is 0.253 e. The summed E-state index contributed by atoms with van der Waals surface area (Å²) in [6.07, 6.45) is 8.23. The molecule has 1 N–H and O–H groups in total. The zero-order valence-electron chi connectivity index (χ0n) is 14.7. The number of piperidine rings is 2. The molecule has 3 heterocycles. The number of carbonyl (C=O) groups is 1. The number of nitrogens with zero attached hydrogens (tertiary/aromatic N) is 2. The molecule has 0 spiro atoms. The van der Waals surface area contributed by atoms with E-state index >= 15 is 0 Å². The van der Waals surface area contributed by atoms with E-state index < -0.39 is 0 Å². The first-order chi connectivity index (χ1) is 12.2. The number of nitrogens with one attached hydrogen (secondary N) is 1. The summed E-state index contributed by atoms with van der Waals surface area (Å²) < 4.78 is 5.85. The molecule has 1 aromatic carbocycles. The highest BCUT2D eigenvalue weighted by molar-refractivity contribution is 6.04.